The SMILES string of the molecule is c1ccc(-c2nc(-c3ccccc3)nc(-c3ccccc3-c3ccc4c(c3)-c3ccccc3C43CCCCC3)n2)cc1. The smallest absolute Gasteiger partial charge is 0.164 e. The molecular weight excluding hydrogens is 510 g/mol. The quantitative estimate of drug-likeness (QED) is 0.223. The molecule has 1 heterocycles. The van der Waals surface area contributed by atoms with Gasteiger partial charge >= 0.3 is 0 Å². The highest BCUT2D eigenvalue weighted by atomic mass is 15.0. The summed E-state index contributed by atoms with van der Waals surface area (Å²) in [6, 6.07) is 45.1. The Bertz CT molecular complexity index is 1850. The summed E-state index contributed by atoms with van der Waals surface area (Å²) in [6.45, 7) is 0. The van der Waals surface area contributed by atoms with Gasteiger partial charge in [0.05, 0.1) is 0 Å². The second kappa shape index (κ2) is 10.2. The van der Waals surface area contributed by atoms with E-state index >= 15 is 0 Å². The van der Waals surface area contributed by atoms with Crippen molar-refractivity contribution in [3.8, 4) is 56.4 Å². The highest BCUT2D eigenvalue weighted by molar-refractivity contribution is 5.88. The summed E-state index contributed by atoms with van der Waals surface area (Å²) < 4.78 is 0. The molecule has 1 aromatic heterocycles. The lowest BCUT2D eigenvalue weighted by Crippen LogP contribution is -2.27. The first kappa shape index (κ1) is 24.9. The molecule has 0 atom stereocenters. The molecule has 0 amide bonds. The van der Waals surface area contributed by atoms with Crippen LogP contribution < -0.4 is 0 Å². The molecule has 6 aromatic rings. The average Bonchev–Trinajstić information content (AvgIpc) is 3.34. The van der Waals surface area contributed by atoms with Crippen LogP contribution in [0.2, 0.25) is 0 Å². The Morgan fingerprint density at radius 1 is 0.381 bits per heavy atom. The van der Waals surface area contributed by atoms with Gasteiger partial charge in [-0.25, -0.2) is 15.0 Å². The summed E-state index contributed by atoms with van der Waals surface area (Å²) in [7, 11) is 0. The fourth-order valence-corrected chi connectivity index (χ4v) is 7.19. The predicted octanol–water partition coefficient (Wildman–Crippen LogP) is 9.77. The van der Waals surface area contributed by atoms with Crippen LogP contribution in [0.4, 0.5) is 0 Å². The summed E-state index contributed by atoms with van der Waals surface area (Å²) in [5.74, 6) is 2.04. The van der Waals surface area contributed by atoms with E-state index in [2.05, 4.69) is 91.0 Å². The van der Waals surface area contributed by atoms with Crippen LogP contribution in [0, 0.1) is 0 Å². The van der Waals surface area contributed by atoms with E-state index < -0.39 is 0 Å². The molecule has 42 heavy (non-hydrogen) atoms. The molecule has 5 aromatic carbocycles. The zero-order valence-electron chi connectivity index (χ0n) is 23.5. The van der Waals surface area contributed by atoms with E-state index in [4.69, 9.17) is 15.0 Å². The van der Waals surface area contributed by atoms with Crippen LogP contribution in [-0.4, -0.2) is 15.0 Å². The highest BCUT2D eigenvalue weighted by Gasteiger charge is 2.43. The van der Waals surface area contributed by atoms with Crippen molar-refractivity contribution < 1.29 is 0 Å². The van der Waals surface area contributed by atoms with Gasteiger partial charge in [0.2, 0.25) is 0 Å². The molecule has 1 fully saturated rings. The van der Waals surface area contributed by atoms with Crippen LogP contribution in [0.5, 0.6) is 0 Å². The third-order valence-corrected chi connectivity index (χ3v) is 9.15. The van der Waals surface area contributed by atoms with E-state index in [1.807, 2.05) is 36.4 Å². The molecule has 202 valence electrons. The second-order valence-electron chi connectivity index (χ2n) is 11.5. The van der Waals surface area contributed by atoms with Crippen molar-refractivity contribution in [1.82, 2.24) is 15.0 Å². The molecule has 0 radical (unpaired) electrons. The van der Waals surface area contributed by atoms with Gasteiger partial charge in [-0.05, 0) is 52.3 Å². The molecular formula is C39H31N3. The normalized spacial score (nSPS) is 14.9. The lowest BCUT2D eigenvalue weighted by atomic mass is 9.68. The lowest BCUT2D eigenvalue weighted by molar-refractivity contribution is 0.353. The summed E-state index contributed by atoms with van der Waals surface area (Å²) in [4.78, 5) is 15.0. The van der Waals surface area contributed by atoms with Crippen LogP contribution in [0.1, 0.15) is 43.2 Å². The summed E-state index contributed by atoms with van der Waals surface area (Å²) in [6.07, 6.45) is 6.41. The molecule has 1 spiro atoms. The monoisotopic (exact) mass is 541 g/mol. The van der Waals surface area contributed by atoms with Gasteiger partial charge in [0.15, 0.2) is 17.5 Å². The maximum absolute atomic E-state index is 5.04. The largest absolute Gasteiger partial charge is 0.208 e. The first-order valence-corrected chi connectivity index (χ1v) is 15.0. The van der Waals surface area contributed by atoms with Gasteiger partial charge in [-0.3, -0.25) is 0 Å². The number of aromatic nitrogens is 3. The predicted molar refractivity (Wildman–Crippen MR) is 171 cm³/mol. The molecule has 2 aliphatic carbocycles. The van der Waals surface area contributed by atoms with Gasteiger partial charge in [0.1, 0.15) is 0 Å². The van der Waals surface area contributed by atoms with Gasteiger partial charge in [0.25, 0.3) is 0 Å². The summed E-state index contributed by atoms with van der Waals surface area (Å²) in [5, 5.41) is 0. The maximum atomic E-state index is 5.04. The maximum Gasteiger partial charge on any atom is 0.164 e. The second-order valence-corrected chi connectivity index (χ2v) is 11.5. The molecule has 3 nitrogen and oxygen atoms in total. The van der Waals surface area contributed by atoms with E-state index in [0.29, 0.717) is 17.5 Å². The van der Waals surface area contributed by atoms with E-state index in [9.17, 15) is 0 Å². The first-order chi connectivity index (χ1) is 20.8. The van der Waals surface area contributed by atoms with Crippen LogP contribution in [-0.2, 0) is 5.41 Å². The molecule has 1 saturated carbocycles. The van der Waals surface area contributed by atoms with Crippen molar-refractivity contribution in [1.29, 1.82) is 0 Å². The Kier molecular flexibility index (Phi) is 6.03. The minimum Gasteiger partial charge on any atom is -0.208 e. The number of benzene rings is 5. The third kappa shape index (κ3) is 4.08. The Balaban J connectivity index is 1.30. The fourth-order valence-electron chi connectivity index (χ4n) is 7.19. The molecule has 0 saturated heterocycles. The highest BCUT2D eigenvalue weighted by Crippen LogP contribution is 2.56. The summed E-state index contributed by atoms with van der Waals surface area (Å²) in [5.41, 5.74) is 11.2. The van der Waals surface area contributed by atoms with Crippen LogP contribution in [0.15, 0.2) is 127 Å². The number of hydrogen-bond acceptors (Lipinski definition) is 3. The number of fused-ring (bicyclic) bond motifs is 5. The van der Waals surface area contributed by atoms with Crippen LogP contribution >= 0.6 is 0 Å². The molecule has 8 rings (SSSR count). The van der Waals surface area contributed by atoms with Crippen molar-refractivity contribution in [2.24, 2.45) is 0 Å². The van der Waals surface area contributed by atoms with E-state index in [0.717, 1.165) is 22.3 Å². The van der Waals surface area contributed by atoms with Crippen molar-refractivity contribution in [3.63, 3.8) is 0 Å². The van der Waals surface area contributed by atoms with Gasteiger partial charge < -0.3 is 0 Å². The van der Waals surface area contributed by atoms with Gasteiger partial charge in [-0.1, -0.05) is 141 Å². The standard InChI is InChI=1S/C39H31N3/c1-4-14-27(15-5-1)36-40-37(28-16-6-2-7-17-28)42-38(41-36)32-20-9-8-18-30(32)29-22-23-35-33(26-29)31-19-10-11-21-34(31)39(35)24-12-3-13-25-39/h1-2,4-11,14-23,26H,3,12-13,24-25H2. The fraction of sp³-hybridized carbons (Fsp3) is 0.154. The Morgan fingerprint density at radius 3 is 1.57 bits per heavy atom. The van der Waals surface area contributed by atoms with Gasteiger partial charge in [0, 0.05) is 22.1 Å². The van der Waals surface area contributed by atoms with Crippen molar-refractivity contribution in [3.05, 3.63) is 139 Å². The number of rotatable bonds is 4. The molecule has 0 unspecified atom stereocenters. The van der Waals surface area contributed by atoms with Crippen molar-refractivity contribution in [2.45, 2.75) is 37.5 Å². The number of hydrogen-bond donors (Lipinski definition) is 0. The summed E-state index contributed by atoms with van der Waals surface area (Å²) >= 11 is 0. The molecule has 0 N–H and O–H groups in total. The minimum absolute atomic E-state index is 0.158. The van der Waals surface area contributed by atoms with E-state index in [1.54, 1.807) is 0 Å². The zero-order chi connectivity index (χ0) is 27.9. The third-order valence-electron chi connectivity index (χ3n) is 9.15. The van der Waals surface area contributed by atoms with Crippen molar-refractivity contribution >= 4 is 0 Å². The van der Waals surface area contributed by atoms with Crippen LogP contribution in [0.3, 0.4) is 0 Å². The Morgan fingerprint density at radius 2 is 0.905 bits per heavy atom. The Labute approximate surface area is 247 Å². The molecule has 0 bridgehead atoms. The topological polar surface area (TPSA) is 38.7 Å². The molecule has 2 aliphatic rings. The van der Waals surface area contributed by atoms with Gasteiger partial charge in [-0.2, -0.15) is 0 Å². The minimum atomic E-state index is 0.158. The zero-order valence-corrected chi connectivity index (χ0v) is 23.5. The average molecular weight is 542 g/mol. The lowest BCUT2D eigenvalue weighted by Gasteiger charge is -2.36. The van der Waals surface area contributed by atoms with Crippen molar-refractivity contribution in [2.75, 3.05) is 0 Å². The molecule has 3 heteroatoms. The van der Waals surface area contributed by atoms with E-state index in [1.165, 1.54) is 59.9 Å². The van der Waals surface area contributed by atoms with Crippen LogP contribution in [0.25, 0.3) is 56.4 Å². The van der Waals surface area contributed by atoms with E-state index in [-0.39, 0.29) is 5.41 Å². The Hall–Kier alpha value is -4.89. The number of nitrogens with zero attached hydrogens (tertiary/aromatic N) is 3. The van der Waals surface area contributed by atoms with Gasteiger partial charge in [-0.15, -0.1) is 0 Å². The first-order valence-electron chi connectivity index (χ1n) is 15.0. The molecule has 0 aliphatic heterocycles.